The SMILES string of the molecule is CN1CCC23CCCCC2C1Cc1ccc(C(N)=O)cc13.C[N+]1(C)CCC23CCCCC2C1Cc1ccc(C(N)=O)cc13.C[N+]1(CC2CCC2)CCC23CCCCC2(O)C1Cc1ccc(C(N)=O)cc13.NC(=O)c1ccc2c(c1)C13CCCCC1(O)C(C2)N(CC1CCC1)CC3.[Y].[Y]. The number of nitrogens with zero attached hydrogens (tertiary/aromatic N) is 4. The number of likely N-dealkylation sites (N-methyl/N-ethyl adjacent to an activating group) is 3. The van der Waals surface area contributed by atoms with E-state index in [0.29, 0.717) is 39.1 Å². The van der Waals surface area contributed by atoms with Gasteiger partial charge in [-0.25, -0.2) is 0 Å². The van der Waals surface area contributed by atoms with Crippen molar-refractivity contribution in [2.45, 2.75) is 250 Å². The van der Waals surface area contributed by atoms with Crippen LogP contribution in [0.2, 0.25) is 0 Å². The Bertz CT molecular complexity index is 3730. The number of hydrogen-bond acceptors (Lipinski definition) is 8. The van der Waals surface area contributed by atoms with E-state index in [-0.39, 0.29) is 112 Å². The van der Waals surface area contributed by atoms with Crippen LogP contribution in [0.5, 0.6) is 0 Å². The Morgan fingerprint density at radius 3 is 1.48 bits per heavy atom. The zero-order valence-electron chi connectivity index (χ0n) is 59.8. The number of fused-ring (bicyclic) bond motifs is 4. The van der Waals surface area contributed by atoms with E-state index in [0.717, 1.165) is 142 Å². The van der Waals surface area contributed by atoms with Crippen molar-refractivity contribution in [2.24, 2.45) is 46.6 Å². The fourth-order valence-corrected chi connectivity index (χ4v) is 24.7. The Kier molecular flexibility index (Phi) is 20.6. The average molecular weight is 1490 g/mol. The molecule has 4 saturated heterocycles. The average Bonchev–Trinajstić information content (AvgIpc) is 0.693. The maximum atomic E-state index is 12.2. The Balaban J connectivity index is 0.000000117. The van der Waals surface area contributed by atoms with Crippen LogP contribution in [0.4, 0.5) is 0 Å². The Labute approximate surface area is 635 Å². The zero-order chi connectivity index (χ0) is 67.0. The monoisotopic (exact) mass is 1480 g/mol. The minimum atomic E-state index is -0.656. The van der Waals surface area contributed by atoms with Gasteiger partial charge in [0.15, 0.2) is 0 Å². The van der Waals surface area contributed by atoms with Gasteiger partial charge in [0.05, 0.1) is 52.4 Å². The van der Waals surface area contributed by atoms with Gasteiger partial charge in [0.1, 0.15) is 11.6 Å². The number of piperidine rings is 4. The number of rotatable bonds is 8. The van der Waals surface area contributed by atoms with Gasteiger partial charge < -0.3 is 47.0 Å². The predicted octanol–water partition coefficient (Wildman–Crippen LogP) is 10.7. The Hall–Kier alpha value is -3.27. The zero-order valence-corrected chi connectivity index (χ0v) is 65.5. The van der Waals surface area contributed by atoms with Crippen LogP contribution in [-0.2, 0) is 113 Å². The number of hydrogen-bond donors (Lipinski definition) is 6. The van der Waals surface area contributed by atoms with E-state index in [2.05, 4.69) is 74.4 Å². The van der Waals surface area contributed by atoms with Gasteiger partial charge in [-0.1, -0.05) is 88.5 Å². The maximum absolute atomic E-state index is 12.2. The summed E-state index contributed by atoms with van der Waals surface area (Å²) in [7, 11) is 9.51. The molecule has 16 heteroatoms. The number of likely N-dealkylation sites (tertiary alicyclic amines) is 4. The van der Waals surface area contributed by atoms with E-state index in [9.17, 15) is 29.4 Å². The van der Waals surface area contributed by atoms with E-state index < -0.39 is 11.2 Å². The van der Waals surface area contributed by atoms with Crippen molar-refractivity contribution in [3.63, 3.8) is 0 Å². The van der Waals surface area contributed by atoms with Crippen LogP contribution in [0.1, 0.15) is 253 Å². The first kappa shape index (κ1) is 73.1. The Morgan fingerprint density at radius 1 is 0.469 bits per heavy atom. The third-order valence-electron chi connectivity index (χ3n) is 30.3. The van der Waals surface area contributed by atoms with Crippen LogP contribution in [0.25, 0.3) is 0 Å². The van der Waals surface area contributed by atoms with Crippen molar-refractivity contribution in [1.82, 2.24) is 9.80 Å². The summed E-state index contributed by atoms with van der Waals surface area (Å²) in [5, 5.41) is 24.3. The molecule has 10 N–H and O–H groups in total. The van der Waals surface area contributed by atoms with Gasteiger partial charge in [0.25, 0.3) is 0 Å². The van der Waals surface area contributed by atoms with Crippen molar-refractivity contribution in [2.75, 3.05) is 67.5 Å². The molecular formula is C82H114N8O6Y2+2. The molecule has 4 aliphatic heterocycles. The summed E-state index contributed by atoms with van der Waals surface area (Å²) in [5.74, 6) is 1.89. The van der Waals surface area contributed by atoms with Gasteiger partial charge in [-0.2, -0.15) is 0 Å². The van der Waals surface area contributed by atoms with Crippen LogP contribution in [0.15, 0.2) is 72.8 Å². The second kappa shape index (κ2) is 27.6. The third kappa shape index (κ3) is 11.9. The van der Waals surface area contributed by atoms with Crippen molar-refractivity contribution < 1.29 is 104 Å². The van der Waals surface area contributed by atoms with Gasteiger partial charge in [-0.15, -0.1) is 0 Å². The molecule has 4 aromatic carbocycles. The summed E-state index contributed by atoms with van der Waals surface area (Å²) in [6.07, 6.45) is 35.9. The number of carbonyl (C=O) groups is 4. The normalized spacial score (nSPS) is 36.3. The molecular weight excluding hydrogens is 1370 g/mol. The largest absolute Gasteiger partial charge is 0.387 e. The van der Waals surface area contributed by atoms with Crippen LogP contribution in [0, 0.1) is 23.7 Å². The van der Waals surface area contributed by atoms with Crippen LogP contribution in [0.3, 0.4) is 0 Å². The molecule has 10 aliphatic carbocycles. The quantitative estimate of drug-likeness (QED) is 0.0930. The van der Waals surface area contributed by atoms with Crippen molar-refractivity contribution in [3.8, 4) is 0 Å². The number of benzene rings is 4. The first-order valence-electron chi connectivity index (χ1n) is 38.3. The molecule has 4 amide bonds. The van der Waals surface area contributed by atoms with Crippen molar-refractivity contribution in [1.29, 1.82) is 0 Å². The molecule has 2 radical (unpaired) electrons. The van der Waals surface area contributed by atoms with E-state index >= 15 is 0 Å². The third-order valence-corrected chi connectivity index (χ3v) is 30.3. The molecule has 6 saturated carbocycles. The molecule has 13 unspecified atom stereocenters. The fraction of sp³-hybridized carbons (Fsp3) is 0.659. The number of nitrogens with two attached hydrogens (primary N) is 4. The first-order chi connectivity index (χ1) is 46.0. The minimum absolute atomic E-state index is 0. The number of amides is 4. The van der Waals surface area contributed by atoms with Gasteiger partial charge >= 0.3 is 0 Å². The molecule has 4 aromatic rings. The molecule has 14 nitrogen and oxygen atoms in total. The molecule has 522 valence electrons. The minimum Gasteiger partial charge on any atom is -0.387 e. The molecule has 0 spiro atoms. The van der Waals surface area contributed by atoms with Crippen LogP contribution < -0.4 is 22.9 Å². The molecule has 8 bridgehead atoms. The van der Waals surface area contributed by atoms with Gasteiger partial charge in [0, 0.05) is 165 Å². The van der Waals surface area contributed by atoms with E-state index in [1.54, 1.807) is 0 Å². The summed E-state index contributed by atoms with van der Waals surface area (Å²) in [4.78, 5) is 52.0. The molecule has 18 rings (SSSR count). The van der Waals surface area contributed by atoms with Crippen LogP contribution >= 0.6 is 0 Å². The molecule has 0 aromatic heterocycles. The summed E-state index contributed by atoms with van der Waals surface area (Å²) in [6, 6.07) is 26.4. The second-order valence-electron chi connectivity index (χ2n) is 34.8. The number of primary amides is 4. The topological polar surface area (TPSA) is 219 Å². The van der Waals surface area contributed by atoms with E-state index in [1.807, 2.05) is 36.4 Å². The fourth-order valence-electron chi connectivity index (χ4n) is 24.7. The van der Waals surface area contributed by atoms with Crippen LogP contribution in [-0.4, -0.2) is 155 Å². The van der Waals surface area contributed by atoms with Crippen molar-refractivity contribution in [3.05, 3.63) is 140 Å². The number of quaternary nitrogens is 2. The second-order valence-corrected chi connectivity index (χ2v) is 34.8. The standard InChI is InChI=1S/C23H32N2O2.C22H30N2O2.C19H26N2O.C18H24N2O.2Y/c1-25(15-16-5-4-6-16)12-11-22-9-2-3-10-23(22,27)20(25)14-17-7-8-18(21(24)26)13-19(17)22;23-20(25)17-7-6-16-13-19-22(26)9-2-1-8-21(22,18(16)12-17)10-11-24(19)14-15-4-3-5-15;1-21(2)10-9-19-8-4-3-5-15(19)17(21)12-13-6-7-14(18(20)22)11-16(13)19;1-20-9-8-18-7-3-2-4-14(18)16(20)11-12-5-6-13(17(19)21)10-15(12)18;;/h7-8,13,16,20,27H,2-6,9-12,14-15H2,1H3,(H-,24,26);6-7,12,15,19,26H,1-5,8-11,13-14H2,(H2,23,25);6-7,11,15,17H,3-5,8-10,12H2,1-2H3,(H-,20,22);5-6,10,14,16H,2-4,7-9,11H2,1H3,(H2,19,21);;/p+2. The molecule has 98 heavy (non-hydrogen) atoms. The maximum Gasteiger partial charge on any atom is 0.248 e. The van der Waals surface area contributed by atoms with Gasteiger partial charge in [-0.05, 0) is 228 Å². The number of carbonyl (C=O) groups excluding carboxylic acids is 4. The molecule has 13 atom stereocenters. The summed E-state index contributed by atoms with van der Waals surface area (Å²) < 4.78 is 2.18. The first-order valence-corrected chi connectivity index (χ1v) is 38.3. The Morgan fingerprint density at radius 2 is 0.939 bits per heavy atom. The molecule has 10 fully saturated rings. The summed E-state index contributed by atoms with van der Waals surface area (Å²) in [6.45, 7) is 7.02. The smallest absolute Gasteiger partial charge is 0.248 e. The van der Waals surface area contributed by atoms with Gasteiger partial charge in [-0.3, -0.25) is 24.1 Å². The molecule has 4 heterocycles. The van der Waals surface area contributed by atoms with E-state index in [1.165, 1.54) is 173 Å². The predicted molar refractivity (Wildman–Crippen MR) is 378 cm³/mol. The number of aliphatic hydroxyl groups is 2. The summed E-state index contributed by atoms with van der Waals surface area (Å²) >= 11 is 0. The van der Waals surface area contributed by atoms with Gasteiger partial charge in [0.2, 0.25) is 23.6 Å². The summed E-state index contributed by atoms with van der Waals surface area (Å²) in [5.41, 5.74) is 34.7. The molecule has 14 aliphatic rings. The van der Waals surface area contributed by atoms with E-state index in [4.69, 9.17) is 22.9 Å². The van der Waals surface area contributed by atoms with Crippen molar-refractivity contribution >= 4 is 23.6 Å².